The topological polar surface area (TPSA) is 72.5 Å². The van der Waals surface area contributed by atoms with E-state index in [1.165, 1.54) is 6.42 Å². The van der Waals surface area contributed by atoms with Gasteiger partial charge in [-0.25, -0.2) is 4.79 Å². The number of amides is 2. The van der Waals surface area contributed by atoms with Crippen molar-refractivity contribution in [3.05, 3.63) is 40.3 Å². The fourth-order valence-electron chi connectivity index (χ4n) is 2.97. The fraction of sp³-hybridized carbons (Fsp3) is 0.389. The first-order valence-corrected chi connectivity index (χ1v) is 8.85. The molecular weight excluding hydrogens is 326 g/mol. The van der Waals surface area contributed by atoms with Crippen LogP contribution in [-0.4, -0.2) is 22.7 Å². The summed E-state index contributed by atoms with van der Waals surface area (Å²) >= 11 is 0.872. The Balaban J connectivity index is 1.68. The monoisotopic (exact) mass is 345 g/mol. The predicted octanol–water partition coefficient (Wildman–Crippen LogP) is 3.89. The van der Waals surface area contributed by atoms with Crippen LogP contribution < -0.4 is 5.32 Å². The van der Waals surface area contributed by atoms with E-state index in [4.69, 9.17) is 4.74 Å². The molecule has 24 heavy (non-hydrogen) atoms. The summed E-state index contributed by atoms with van der Waals surface area (Å²) < 4.78 is 5.70. The van der Waals surface area contributed by atoms with Crippen LogP contribution in [0.4, 0.5) is 4.79 Å². The largest absolute Gasteiger partial charge is 0.456 e. The molecule has 126 valence electrons. The van der Waals surface area contributed by atoms with Crippen LogP contribution in [0.15, 0.2) is 29.2 Å². The third kappa shape index (κ3) is 3.87. The molecule has 5 nitrogen and oxygen atoms in total. The highest BCUT2D eigenvalue weighted by Gasteiger charge is 2.31. The number of hydrogen-bond donors (Lipinski definition) is 1. The highest BCUT2D eigenvalue weighted by atomic mass is 32.2. The highest BCUT2D eigenvalue weighted by Crippen LogP contribution is 2.32. The average Bonchev–Trinajstić information content (AvgIpc) is 2.86. The van der Waals surface area contributed by atoms with Crippen molar-refractivity contribution in [2.45, 2.75) is 44.6 Å². The first-order valence-electron chi connectivity index (χ1n) is 8.03. The molecule has 0 atom stereocenters. The Labute approximate surface area is 144 Å². The second-order valence-electron chi connectivity index (χ2n) is 6.37. The standard InChI is InChI=1S/C18H19NO4S/c1-18(9-3-2-4-10-18)23-16(21)13-7-5-12(6-8-13)11-14-15(20)19-17(22)24-14/h5-8,11H,2-4,9-10H2,1H3,(H,19,20,22)/b14-11-. The second-order valence-corrected chi connectivity index (χ2v) is 7.39. The van der Waals surface area contributed by atoms with Gasteiger partial charge in [-0.1, -0.05) is 18.6 Å². The molecule has 1 aliphatic heterocycles. The van der Waals surface area contributed by atoms with Gasteiger partial charge in [-0.2, -0.15) is 0 Å². The van der Waals surface area contributed by atoms with E-state index in [-0.39, 0.29) is 16.8 Å². The summed E-state index contributed by atoms with van der Waals surface area (Å²) in [5.41, 5.74) is 0.876. The molecule has 2 aliphatic rings. The Kier molecular flexibility index (Phi) is 4.76. The van der Waals surface area contributed by atoms with Crippen molar-refractivity contribution in [2.24, 2.45) is 0 Å². The third-order valence-electron chi connectivity index (χ3n) is 4.34. The van der Waals surface area contributed by atoms with Gasteiger partial charge in [0.2, 0.25) is 0 Å². The van der Waals surface area contributed by atoms with Crippen LogP contribution in [0.25, 0.3) is 6.08 Å². The summed E-state index contributed by atoms with van der Waals surface area (Å²) in [4.78, 5) is 35.3. The lowest BCUT2D eigenvalue weighted by Crippen LogP contribution is -2.33. The molecule has 1 heterocycles. The number of benzene rings is 1. The van der Waals surface area contributed by atoms with Crippen molar-refractivity contribution in [3.63, 3.8) is 0 Å². The number of carbonyl (C=O) groups excluding carboxylic acids is 3. The molecule has 0 unspecified atom stereocenters. The molecule has 6 heteroatoms. The first-order chi connectivity index (χ1) is 11.5. The van der Waals surface area contributed by atoms with Crippen molar-refractivity contribution in [2.75, 3.05) is 0 Å². The van der Waals surface area contributed by atoms with E-state index < -0.39 is 5.91 Å². The zero-order valence-electron chi connectivity index (χ0n) is 13.5. The van der Waals surface area contributed by atoms with Gasteiger partial charge >= 0.3 is 5.97 Å². The van der Waals surface area contributed by atoms with Crippen LogP contribution >= 0.6 is 11.8 Å². The minimum Gasteiger partial charge on any atom is -0.456 e. The van der Waals surface area contributed by atoms with Crippen LogP contribution in [0.2, 0.25) is 0 Å². The van der Waals surface area contributed by atoms with Gasteiger partial charge in [0.25, 0.3) is 11.1 Å². The number of esters is 1. The van der Waals surface area contributed by atoms with Crippen LogP contribution in [0.1, 0.15) is 54.9 Å². The summed E-state index contributed by atoms with van der Waals surface area (Å²) in [7, 11) is 0. The van der Waals surface area contributed by atoms with Crippen LogP contribution in [-0.2, 0) is 9.53 Å². The number of ether oxygens (including phenoxy) is 1. The minimum atomic E-state index is -0.390. The van der Waals surface area contributed by atoms with Crippen molar-refractivity contribution in [3.8, 4) is 0 Å². The molecule has 1 aliphatic carbocycles. The molecule has 2 amide bonds. The summed E-state index contributed by atoms with van der Waals surface area (Å²) in [5, 5.41) is 1.84. The van der Waals surface area contributed by atoms with Gasteiger partial charge < -0.3 is 4.74 Å². The normalized spacial score (nSPS) is 21.6. The summed E-state index contributed by atoms with van der Waals surface area (Å²) in [6.07, 6.45) is 6.82. The SMILES string of the molecule is CC1(OC(=O)c2ccc(/C=C3\SC(=O)NC3=O)cc2)CCCCC1. The van der Waals surface area contributed by atoms with Gasteiger partial charge in [0.05, 0.1) is 10.5 Å². The van der Waals surface area contributed by atoms with E-state index in [2.05, 4.69) is 5.32 Å². The number of carbonyl (C=O) groups is 3. The van der Waals surface area contributed by atoms with Crippen molar-refractivity contribution in [1.29, 1.82) is 0 Å². The van der Waals surface area contributed by atoms with Gasteiger partial charge in [-0.15, -0.1) is 0 Å². The molecule has 1 saturated carbocycles. The van der Waals surface area contributed by atoms with E-state index in [1.807, 2.05) is 6.92 Å². The second kappa shape index (κ2) is 6.81. The summed E-state index contributed by atoms with van der Waals surface area (Å²) in [5.74, 6) is -0.708. The molecule has 0 radical (unpaired) electrons. The summed E-state index contributed by atoms with van der Waals surface area (Å²) in [6, 6.07) is 6.84. The predicted molar refractivity (Wildman–Crippen MR) is 92.5 cm³/mol. The Morgan fingerprint density at radius 2 is 1.83 bits per heavy atom. The van der Waals surface area contributed by atoms with Crippen LogP contribution in [0.3, 0.4) is 0 Å². The molecule has 1 N–H and O–H groups in total. The molecule has 0 aromatic heterocycles. The lowest BCUT2D eigenvalue weighted by molar-refractivity contribution is -0.115. The van der Waals surface area contributed by atoms with E-state index in [1.54, 1.807) is 30.3 Å². The maximum absolute atomic E-state index is 12.3. The molecule has 3 rings (SSSR count). The van der Waals surface area contributed by atoms with Crippen LogP contribution in [0.5, 0.6) is 0 Å². The van der Waals surface area contributed by atoms with Crippen molar-refractivity contribution in [1.82, 2.24) is 5.32 Å². The van der Waals surface area contributed by atoms with Gasteiger partial charge in [0.1, 0.15) is 5.60 Å². The molecule has 0 spiro atoms. The van der Waals surface area contributed by atoms with E-state index in [9.17, 15) is 14.4 Å². The van der Waals surface area contributed by atoms with Gasteiger partial charge in [-0.05, 0) is 68.1 Å². The van der Waals surface area contributed by atoms with Gasteiger partial charge in [0, 0.05) is 0 Å². The maximum Gasteiger partial charge on any atom is 0.338 e. The molecule has 1 aromatic carbocycles. The van der Waals surface area contributed by atoms with Crippen LogP contribution in [0, 0.1) is 0 Å². The lowest BCUT2D eigenvalue weighted by Gasteiger charge is -2.33. The first kappa shape index (κ1) is 16.8. The lowest BCUT2D eigenvalue weighted by atomic mass is 9.86. The Hall–Kier alpha value is -2.08. The Bertz CT molecular complexity index is 702. The zero-order chi connectivity index (χ0) is 17.2. The third-order valence-corrected chi connectivity index (χ3v) is 5.15. The molecule has 0 bridgehead atoms. The molecule has 1 saturated heterocycles. The Morgan fingerprint density at radius 1 is 1.17 bits per heavy atom. The quantitative estimate of drug-likeness (QED) is 0.664. The molecule has 2 fully saturated rings. The van der Waals surface area contributed by atoms with Crippen molar-refractivity contribution >= 4 is 35.0 Å². The smallest absolute Gasteiger partial charge is 0.338 e. The number of rotatable bonds is 3. The zero-order valence-corrected chi connectivity index (χ0v) is 14.3. The highest BCUT2D eigenvalue weighted by molar-refractivity contribution is 8.18. The molecular formula is C18H19NO4S. The van der Waals surface area contributed by atoms with E-state index >= 15 is 0 Å². The summed E-state index contributed by atoms with van der Waals surface area (Å²) in [6.45, 7) is 2.00. The van der Waals surface area contributed by atoms with Gasteiger partial charge in [-0.3, -0.25) is 14.9 Å². The number of nitrogens with one attached hydrogen (secondary N) is 1. The Morgan fingerprint density at radius 3 is 2.42 bits per heavy atom. The minimum absolute atomic E-state index is 0.318. The molecule has 1 aromatic rings. The fourth-order valence-corrected chi connectivity index (χ4v) is 3.65. The van der Waals surface area contributed by atoms with Gasteiger partial charge in [0.15, 0.2) is 0 Å². The van der Waals surface area contributed by atoms with Crippen molar-refractivity contribution < 1.29 is 19.1 Å². The average molecular weight is 345 g/mol. The van der Waals surface area contributed by atoms with E-state index in [0.29, 0.717) is 10.5 Å². The number of imide groups is 1. The van der Waals surface area contributed by atoms with E-state index in [0.717, 1.165) is 43.0 Å². The number of thioether (sulfide) groups is 1. The maximum atomic E-state index is 12.3. The number of hydrogen-bond acceptors (Lipinski definition) is 5.